The number of para-hydroxylation sites is 1. The molecule has 1 aliphatic heterocycles. The Morgan fingerprint density at radius 3 is 2.76 bits per heavy atom. The molecule has 0 saturated carbocycles. The number of nitrogens with one attached hydrogen (secondary N) is 1. The molecule has 2 aromatic carbocycles. The highest BCUT2D eigenvalue weighted by Gasteiger charge is 2.18. The minimum Gasteiger partial charge on any atom is -0.490 e. The third-order valence-corrected chi connectivity index (χ3v) is 4.44. The number of halogens is 1. The maximum absolute atomic E-state index is 12.5. The van der Waals surface area contributed by atoms with E-state index in [1.54, 1.807) is 6.07 Å². The molecule has 0 aliphatic carbocycles. The molecule has 0 aromatic heterocycles. The van der Waals surface area contributed by atoms with Gasteiger partial charge in [-0.25, -0.2) is 0 Å². The number of amides is 1. The van der Waals surface area contributed by atoms with E-state index in [9.17, 15) is 4.79 Å². The van der Waals surface area contributed by atoms with E-state index in [1.807, 2.05) is 42.5 Å². The Morgan fingerprint density at radius 1 is 1.20 bits per heavy atom. The molecule has 1 amide bonds. The smallest absolute Gasteiger partial charge is 0.255 e. The number of hydrogen-bond donors (Lipinski definition) is 1. The van der Waals surface area contributed by atoms with Gasteiger partial charge in [-0.1, -0.05) is 35.9 Å². The number of ether oxygens (including phenoxy) is 2. The molecule has 3 rings (SSSR count). The Balaban J connectivity index is 1.53. The highest BCUT2D eigenvalue weighted by Crippen LogP contribution is 2.20. The van der Waals surface area contributed by atoms with Crippen LogP contribution in [0, 0.1) is 0 Å². The predicted octanol–water partition coefficient (Wildman–Crippen LogP) is 3.87. The first-order chi connectivity index (χ1) is 12.2. The van der Waals surface area contributed by atoms with Crippen LogP contribution in [0.15, 0.2) is 48.5 Å². The predicted molar refractivity (Wildman–Crippen MR) is 98.4 cm³/mol. The largest absolute Gasteiger partial charge is 0.490 e. The zero-order chi connectivity index (χ0) is 17.5. The fraction of sp³-hybridized carbons (Fsp3) is 0.350. The highest BCUT2D eigenvalue weighted by molar-refractivity contribution is 6.30. The van der Waals surface area contributed by atoms with Gasteiger partial charge in [0.1, 0.15) is 12.4 Å². The van der Waals surface area contributed by atoms with Crippen LogP contribution in [0.1, 0.15) is 28.8 Å². The van der Waals surface area contributed by atoms with Crippen LogP contribution >= 0.6 is 11.6 Å². The molecule has 25 heavy (non-hydrogen) atoms. The van der Waals surface area contributed by atoms with Gasteiger partial charge in [0.05, 0.1) is 11.7 Å². The Labute approximate surface area is 153 Å². The summed E-state index contributed by atoms with van der Waals surface area (Å²) in [6.45, 7) is 1.83. The molecule has 132 valence electrons. The molecule has 1 N–H and O–H groups in total. The highest BCUT2D eigenvalue weighted by atomic mass is 35.5. The molecule has 1 saturated heterocycles. The lowest BCUT2D eigenvalue weighted by Gasteiger charge is -2.14. The summed E-state index contributed by atoms with van der Waals surface area (Å²) in [6, 6.07) is 15.0. The normalized spacial score (nSPS) is 16.6. The standard InChI is InChI=1S/C20H22ClNO3/c21-16-9-7-15(8-10-16)11-12-22-20(23)18-5-1-2-6-19(18)25-14-17-4-3-13-24-17/h1-2,5-10,17H,3-4,11-14H2,(H,22,23). The summed E-state index contributed by atoms with van der Waals surface area (Å²) in [7, 11) is 0. The van der Waals surface area contributed by atoms with Crippen LogP contribution in [0.5, 0.6) is 5.75 Å². The van der Waals surface area contributed by atoms with Crippen molar-refractivity contribution in [2.24, 2.45) is 0 Å². The zero-order valence-electron chi connectivity index (χ0n) is 14.0. The van der Waals surface area contributed by atoms with Gasteiger partial charge >= 0.3 is 0 Å². The lowest BCUT2D eigenvalue weighted by atomic mass is 10.1. The molecular weight excluding hydrogens is 338 g/mol. The van der Waals surface area contributed by atoms with E-state index in [2.05, 4.69) is 5.32 Å². The minimum atomic E-state index is -0.128. The molecule has 0 bridgehead atoms. The monoisotopic (exact) mass is 359 g/mol. The van der Waals surface area contributed by atoms with E-state index >= 15 is 0 Å². The Morgan fingerprint density at radius 2 is 2.00 bits per heavy atom. The quantitative estimate of drug-likeness (QED) is 0.816. The van der Waals surface area contributed by atoms with Crippen molar-refractivity contribution in [1.82, 2.24) is 5.32 Å². The summed E-state index contributed by atoms with van der Waals surface area (Å²) < 4.78 is 11.4. The van der Waals surface area contributed by atoms with Gasteiger partial charge in [-0.15, -0.1) is 0 Å². The van der Waals surface area contributed by atoms with Crippen molar-refractivity contribution in [3.05, 3.63) is 64.7 Å². The fourth-order valence-corrected chi connectivity index (χ4v) is 2.93. The van der Waals surface area contributed by atoms with Gasteiger partial charge in [0.15, 0.2) is 0 Å². The van der Waals surface area contributed by atoms with Crippen LogP contribution < -0.4 is 10.1 Å². The number of carbonyl (C=O) groups excluding carboxylic acids is 1. The SMILES string of the molecule is O=C(NCCc1ccc(Cl)cc1)c1ccccc1OCC1CCCO1. The molecule has 1 heterocycles. The lowest BCUT2D eigenvalue weighted by Crippen LogP contribution is -2.26. The van der Waals surface area contributed by atoms with Crippen LogP contribution in [0.4, 0.5) is 0 Å². The summed E-state index contributed by atoms with van der Waals surface area (Å²) in [5.41, 5.74) is 1.68. The van der Waals surface area contributed by atoms with Crippen molar-refractivity contribution >= 4 is 17.5 Å². The number of hydrogen-bond acceptors (Lipinski definition) is 3. The summed E-state index contributed by atoms with van der Waals surface area (Å²) in [5.74, 6) is 0.471. The molecule has 1 aliphatic rings. The summed E-state index contributed by atoms with van der Waals surface area (Å²) in [5, 5.41) is 3.66. The van der Waals surface area contributed by atoms with E-state index in [0.29, 0.717) is 29.5 Å². The summed E-state index contributed by atoms with van der Waals surface area (Å²) >= 11 is 5.88. The molecular formula is C20H22ClNO3. The third kappa shape index (κ3) is 5.21. The van der Waals surface area contributed by atoms with Gasteiger partial charge in [0.2, 0.25) is 0 Å². The van der Waals surface area contributed by atoms with Crippen LogP contribution in [-0.4, -0.2) is 31.8 Å². The maximum Gasteiger partial charge on any atom is 0.255 e. The lowest BCUT2D eigenvalue weighted by molar-refractivity contribution is 0.0670. The fourth-order valence-electron chi connectivity index (χ4n) is 2.81. The molecule has 2 aromatic rings. The third-order valence-electron chi connectivity index (χ3n) is 4.19. The van der Waals surface area contributed by atoms with E-state index in [-0.39, 0.29) is 12.0 Å². The van der Waals surface area contributed by atoms with Crippen molar-refractivity contribution in [3.8, 4) is 5.75 Å². The van der Waals surface area contributed by atoms with Gasteiger partial charge in [-0.3, -0.25) is 4.79 Å². The Kier molecular flexibility index (Phi) is 6.31. The second kappa shape index (κ2) is 8.88. The molecule has 1 unspecified atom stereocenters. The van der Waals surface area contributed by atoms with Gasteiger partial charge in [-0.2, -0.15) is 0 Å². The molecule has 1 fully saturated rings. The van der Waals surface area contributed by atoms with Crippen LogP contribution in [0.25, 0.3) is 0 Å². The Bertz CT molecular complexity index is 696. The van der Waals surface area contributed by atoms with Crippen molar-refractivity contribution in [1.29, 1.82) is 0 Å². The van der Waals surface area contributed by atoms with Gasteiger partial charge in [0, 0.05) is 18.2 Å². The van der Waals surface area contributed by atoms with E-state index in [0.717, 1.165) is 31.4 Å². The molecule has 1 atom stereocenters. The molecule has 5 heteroatoms. The van der Waals surface area contributed by atoms with Crippen molar-refractivity contribution < 1.29 is 14.3 Å². The van der Waals surface area contributed by atoms with Gasteiger partial charge in [-0.05, 0) is 49.1 Å². The average Bonchev–Trinajstić information content (AvgIpc) is 3.15. The van der Waals surface area contributed by atoms with E-state index in [1.165, 1.54) is 0 Å². The number of carbonyl (C=O) groups is 1. The van der Waals surface area contributed by atoms with Crippen molar-refractivity contribution in [2.45, 2.75) is 25.4 Å². The molecule has 4 nitrogen and oxygen atoms in total. The molecule has 0 spiro atoms. The second-order valence-corrected chi connectivity index (χ2v) is 6.51. The minimum absolute atomic E-state index is 0.126. The van der Waals surface area contributed by atoms with Crippen LogP contribution in [0.3, 0.4) is 0 Å². The summed E-state index contributed by atoms with van der Waals surface area (Å²) in [6.07, 6.45) is 2.96. The Hall–Kier alpha value is -2.04. The zero-order valence-corrected chi connectivity index (χ0v) is 14.8. The van der Waals surface area contributed by atoms with Crippen LogP contribution in [-0.2, 0) is 11.2 Å². The maximum atomic E-state index is 12.5. The van der Waals surface area contributed by atoms with Crippen LogP contribution in [0.2, 0.25) is 5.02 Å². The van der Waals surface area contributed by atoms with Gasteiger partial charge < -0.3 is 14.8 Å². The second-order valence-electron chi connectivity index (χ2n) is 6.07. The first-order valence-corrected chi connectivity index (χ1v) is 8.96. The molecule has 0 radical (unpaired) electrons. The first kappa shape index (κ1) is 17.8. The topological polar surface area (TPSA) is 47.6 Å². The number of benzene rings is 2. The van der Waals surface area contributed by atoms with Crippen molar-refractivity contribution in [2.75, 3.05) is 19.8 Å². The van der Waals surface area contributed by atoms with E-state index < -0.39 is 0 Å². The van der Waals surface area contributed by atoms with Gasteiger partial charge in [0.25, 0.3) is 5.91 Å². The average molecular weight is 360 g/mol. The number of rotatable bonds is 7. The van der Waals surface area contributed by atoms with Crippen molar-refractivity contribution in [3.63, 3.8) is 0 Å². The first-order valence-electron chi connectivity index (χ1n) is 8.58. The van der Waals surface area contributed by atoms with E-state index in [4.69, 9.17) is 21.1 Å². The summed E-state index contributed by atoms with van der Waals surface area (Å²) in [4.78, 5) is 12.5.